The molecule has 7 heteroatoms. The molecule has 3 aromatic carbocycles. The zero-order valence-corrected chi connectivity index (χ0v) is 20.6. The van der Waals surface area contributed by atoms with Crippen LogP contribution in [0, 0.1) is 0 Å². The SMILES string of the molecule is COc1ccc(C=NN(C)C(=O)c2ccc(NC(=O)Cc3ccccc3)cc2)cc1OC1CCCC1. The highest BCUT2D eigenvalue weighted by Gasteiger charge is 2.18. The number of carbonyl (C=O) groups excluding carboxylic acids is 2. The molecule has 4 rings (SSSR count). The van der Waals surface area contributed by atoms with Gasteiger partial charge in [-0.15, -0.1) is 0 Å². The average Bonchev–Trinajstić information content (AvgIpc) is 3.41. The number of hydrogen-bond acceptors (Lipinski definition) is 5. The summed E-state index contributed by atoms with van der Waals surface area (Å²) in [5, 5.41) is 8.45. The zero-order valence-electron chi connectivity index (χ0n) is 20.6. The van der Waals surface area contributed by atoms with E-state index >= 15 is 0 Å². The third kappa shape index (κ3) is 6.72. The summed E-state index contributed by atoms with van der Waals surface area (Å²) in [4.78, 5) is 25.1. The summed E-state index contributed by atoms with van der Waals surface area (Å²) in [7, 11) is 3.23. The first-order valence-electron chi connectivity index (χ1n) is 12.1. The van der Waals surface area contributed by atoms with Crippen LogP contribution >= 0.6 is 0 Å². The maximum Gasteiger partial charge on any atom is 0.273 e. The molecular weight excluding hydrogens is 454 g/mol. The molecule has 2 amide bonds. The molecule has 1 N–H and O–H groups in total. The Hall–Kier alpha value is -4.13. The van der Waals surface area contributed by atoms with E-state index in [1.165, 1.54) is 17.9 Å². The smallest absolute Gasteiger partial charge is 0.273 e. The van der Waals surface area contributed by atoms with Gasteiger partial charge in [0.15, 0.2) is 11.5 Å². The highest BCUT2D eigenvalue weighted by atomic mass is 16.5. The van der Waals surface area contributed by atoms with Crippen LogP contribution in [0.4, 0.5) is 5.69 Å². The van der Waals surface area contributed by atoms with E-state index in [1.54, 1.807) is 44.6 Å². The number of anilines is 1. The minimum absolute atomic E-state index is 0.113. The Bertz CT molecular complexity index is 1200. The Morgan fingerprint density at radius 2 is 1.72 bits per heavy atom. The van der Waals surface area contributed by atoms with Gasteiger partial charge < -0.3 is 14.8 Å². The van der Waals surface area contributed by atoms with E-state index in [0.717, 1.165) is 24.0 Å². The van der Waals surface area contributed by atoms with Crippen LogP contribution in [0.1, 0.15) is 47.2 Å². The summed E-state index contributed by atoms with van der Waals surface area (Å²) in [6.45, 7) is 0. The molecule has 0 radical (unpaired) electrons. The Balaban J connectivity index is 1.35. The second kappa shape index (κ2) is 12.0. The van der Waals surface area contributed by atoms with E-state index < -0.39 is 0 Å². The molecule has 186 valence electrons. The lowest BCUT2D eigenvalue weighted by Crippen LogP contribution is -2.21. The van der Waals surface area contributed by atoms with E-state index in [1.807, 2.05) is 48.5 Å². The van der Waals surface area contributed by atoms with Crippen molar-refractivity contribution in [3.63, 3.8) is 0 Å². The second-order valence-electron chi connectivity index (χ2n) is 8.80. The lowest BCUT2D eigenvalue weighted by molar-refractivity contribution is -0.115. The molecule has 0 aromatic heterocycles. The Morgan fingerprint density at radius 1 is 1.00 bits per heavy atom. The summed E-state index contributed by atoms with van der Waals surface area (Å²) >= 11 is 0. The molecule has 3 aromatic rings. The lowest BCUT2D eigenvalue weighted by atomic mass is 10.1. The van der Waals surface area contributed by atoms with E-state index in [-0.39, 0.29) is 24.3 Å². The quantitative estimate of drug-likeness (QED) is 0.329. The fourth-order valence-corrected chi connectivity index (χ4v) is 4.13. The molecule has 0 unspecified atom stereocenters. The molecule has 1 aliphatic carbocycles. The third-order valence-corrected chi connectivity index (χ3v) is 6.08. The summed E-state index contributed by atoms with van der Waals surface area (Å²) < 4.78 is 11.6. The van der Waals surface area contributed by atoms with Gasteiger partial charge in [0.1, 0.15) is 0 Å². The Morgan fingerprint density at radius 3 is 2.42 bits per heavy atom. The highest BCUT2D eigenvalue weighted by Crippen LogP contribution is 2.32. The van der Waals surface area contributed by atoms with Crippen molar-refractivity contribution >= 4 is 23.7 Å². The van der Waals surface area contributed by atoms with Crippen LogP contribution in [0.3, 0.4) is 0 Å². The van der Waals surface area contributed by atoms with Crippen molar-refractivity contribution in [2.45, 2.75) is 38.2 Å². The summed E-state index contributed by atoms with van der Waals surface area (Å²) in [6, 6.07) is 21.9. The van der Waals surface area contributed by atoms with Gasteiger partial charge in [0.05, 0.1) is 25.8 Å². The first-order valence-corrected chi connectivity index (χ1v) is 12.1. The fraction of sp³-hybridized carbons (Fsp3) is 0.276. The molecule has 1 saturated carbocycles. The van der Waals surface area contributed by atoms with Crippen molar-refractivity contribution in [2.24, 2.45) is 5.10 Å². The molecule has 0 heterocycles. The summed E-state index contributed by atoms with van der Waals surface area (Å²) in [5.41, 5.74) is 2.85. The Kier molecular flexibility index (Phi) is 8.34. The molecule has 0 atom stereocenters. The van der Waals surface area contributed by atoms with Crippen LogP contribution < -0.4 is 14.8 Å². The molecule has 1 fully saturated rings. The molecule has 1 aliphatic rings. The Labute approximate surface area is 211 Å². The summed E-state index contributed by atoms with van der Waals surface area (Å²) in [6.07, 6.45) is 6.59. The minimum Gasteiger partial charge on any atom is -0.493 e. The van der Waals surface area contributed by atoms with Crippen LogP contribution in [-0.2, 0) is 11.2 Å². The van der Waals surface area contributed by atoms with E-state index in [9.17, 15) is 9.59 Å². The third-order valence-electron chi connectivity index (χ3n) is 6.08. The number of methoxy groups -OCH3 is 1. The van der Waals surface area contributed by atoms with Gasteiger partial charge in [0.2, 0.25) is 5.91 Å². The van der Waals surface area contributed by atoms with Gasteiger partial charge >= 0.3 is 0 Å². The van der Waals surface area contributed by atoms with Gasteiger partial charge in [0.25, 0.3) is 5.91 Å². The largest absolute Gasteiger partial charge is 0.493 e. The van der Waals surface area contributed by atoms with Crippen molar-refractivity contribution < 1.29 is 19.1 Å². The molecule has 0 saturated heterocycles. The predicted octanol–water partition coefficient (Wildman–Crippen LogP) is 5.30. The summed E-state index contributed by atoms with van der Waals surface area (Å²) in [5.74, 6) is 0.994. The molecule has 0 aliphatic heterocycles. The molecule has 36 heavy (non-hydrogen) atoms. The highest BCUT2D eigenvalue weighted by molar-refractivity contribution is 5.96. The van der Waals surface area contributed by atoms with Gasteiger partial charge in [-0.3, -0.25) is 9.59 Å². The maximum atomic E-state index is 12.8. The predicted molar refractivity (Wildman–Crippen MR) is 141 cm³/mol. The van der Waals surface area contributed by atoms with Gasteiger partial charge in [-0.25, -0.2) is 5.01 Å². The van der Waals surface area contributed by atoms with Crippen molar-refractivity contribution in [1.29, 1.82) is 0 Å². The van der Waals surface area contributed by atoms with E-state index in [4.69, 9.17) is 9.47 Å². The van der Waals surface area contributed by atoms with Gasteiger partial charge in [-0.2, -0.15) is 5.10 Å². The minimum atomic E-state index is -0.260. The molecule has 7 nitrogen and oxygen atoms in total. The maximum absolute atomic E-state index is 12.8. The average molecular weight is 486 g/mol. The molecular formula is C29H31N3O4. The lowest BCUT2D eigenvalue weighted by Gasteiger charge is -2.16. The van der Waals surface area contributed by atoms with Crippen molar-refractivity contribution in [1.82, 2.24) is 5.01 Å². The zero-order chi connectivity index (χ0) is 25.3. The topological polar surface area (TPSA) is 80.2 Å². The number of rotatable bonds is 9. The van der Waals surface area contributed by atoms with E-state index in [2.05, 4.69) is 10.4 Å². The molecule has 0 bridgehead atoms. The van der Waals surface area contributed by atoms with Crippen molar-refractivity contribution in [3.8, 4) is 11.5 Å². The standard InChI is InChI=1S/C29H31N3O4/c1-32(30-20-22-12-17-26(35-2)27(18-22)36-25-10-6-7-11-25)29(34)23-13-15-24(16-14-23)31-28(33)19-21-8-4-3-5-9-21/h3-5,8-9,12-18,20,25H,6-7,10-11,19H2,1-2H3,(H,31,33). The number of nitrogens with one attached hydrogen (secondary N) is 1. The monoisotopic (exact) mass is 485 g/mol. The van der Waals surface area contributed by atoms with Crippen LogP contribution in [0.2, 0.25) is 0 Å². The van der Waals surface area contributed by atoms with Crippen molar-refractivity contribution in [2.75, 3.05) is 19.5 Å². The van der Waals surface area contributed by atoms with Crippen LogP contribution in [0.15, 0.2) is 77.9 Å². The first-order chi connectivity index (χ1) is 17.5. The normalized spacial score (nSPS) is 13.5. The second-order valence-corrected chi connectivity index (χ2v) is 8.80. The number of nitrogens with zero attached hydrogens (tertiary/aromatic N) is 2. The van der Waals surface area contributed by atoms with E-state index in [0.29, 0.717) is 22.7 Å². The van der Waals surface area contributed by atoms with Crippen LogP contribution in [0.5, 0.6) is 11.5 Å². The van der Waals surface area contributed by atoms with Crippen LogP contribution in [-0.4, -0.2) is 43.3 Å². The number of carbonyl (C=O) groups is 2. The number of hydrazone groups is 1. The number of amides is 2. The van der Waals surface area contributed by atoms with Crippen LogP contribution in [0.25, 0.3) is 0 Å². The number of ether oxygens (including phenoxy) is 2. The number of benzene rings is 3. The number of hydrogen-bond donors (Lipinski definition) is 1. The first kappa shape index (κ1) is 25.0. The van der Waals surface area contributed by atoms with Gasteiger partial charge in [0, 0.05) is 18.3 Å². The van der Waals surface area contributed by atoms with Crippen molar-refractivity contribution in [3.05, 3.63) is 89.5 Å². The fourth-order valence-electron chi connectivity index (χ4n) is 4.13. The van der Waals surface area contributed by atoms with Gasteiger partial charge in [-0.1, -0.05) is 30.3 Å². The molecule has 0 spiro atoms. The van der Waals surface area contributed by atoms with Gasteiger partial charge in [-0.05, 0) is 79.3 Å².